The van der Waals surface area contributed by atoms with Crippen molar-refractivity contribution in [2.24, 2.45) is 0 Å². The summed E-state index contributed by atoms with van der Waals surface area (Å²) in [5.74, 6) is 0. The van der Waals surface area contributed by atoms with E-state index >= 15 is 0 Å². The van der Waals surface area contributed by atoms with Crippen LogP contribution in [0.4, 0.5) is 4.39 Å². The highest BCUT2D eigenvalue weighted by atomic mass is 19.1. The minimum absolute atomic E-state index is 0.00653. The fourth-order valence-corrected chi connectivity index (χ4v) is 0.865. The average molecular weight is 142 g/mol. The number of allylic oxidation sites excluding steroid dienone is 2. The summed E-state index contributed by atoms with van der Waals surface area (Å²) < 4.78 is 13.0. The number of alkyl halides is 1. The Morgan fingerprint density at radius 1 is 1.80 bits per heavy atom. The molecule has 1 unspecified atom stereocenters. The van der Waals surface area contributed by atoms with E-state index in [2.05, 4.69) is 0 Å². The number of hydrogen-bond acceptors (Lipinski definition) is 1. The highest BCUT2D eigenvalue weighted by molar-refractivity contribution is 5.27. The Hall–Kier alpha value is -0.630. The smallest absolute Gasteiger partial charge is 0.130 e. The zero-order valence-electron chi connectivity index (χ0n) is 5.97. The van der Waals surface area contributed by atoms with E-state index in [1.807, 2.05) is 0 Å². The predicted molar refractivity (Wildman–Crippen MR) is 38.4 cm³/mol. The summed E-state index contributed by atoms with van der Waals surface area (Å²) in [6.07, 6.45) is 5.21. The molecule has 56 valence electrons. The van der Waals surface area contributed by atoms with E-state index in [9.17, 15) is 4.39 Å². The topological polar surface area (TPSA) is 20.2 Å². The zero-order chi connectivity index (χ0) is 7.61. The highest BCUT2D eigenvalue weighted by Gasteiger charge is 2.19. The van der Waals surface area contributed by atoms with Gasteiger partial charge in [0.2, 0.25) is 0 Å². The van der Waals surface area contributed by atoms with Gasteiger partial charge in [-0.2, -0.15) is 0 Å². The Morgan fingerprint density at radius 2 is 2.50 bits per heavy atom. The monoisotopic (exact) mass is 142 g/mol. The van der Waals surface area contributed by atoms with Crippen molar-refractivity contribution in [2.75, 3.05) is 6.61 Å². The van der Waals surface area contributed by atoms with Gasteiger partial charge in [0.1, 0.15) is 5.67 Å². The maximum absolute atomic E-state index is 13.0. The lowest BCUT2D eigenvalue weighted by atomic mass is 9.96. The van der Waals surface area contributed by atoms with Crippen LogP contribution in [0.5, 0.6) is 0 Å². The molecule has 0 radical (unpaired) electrons. The SMILES string of the molecule is CC1(F)C=CC(CO)=CC1. The minimum Gasteiger partial charge on any atom is -0.392 e. The van der Waals surface area contributed by atoms with E-state index in [0.29, 0.717) is 6.42 Å². The molecular formula is C8H11FO. The van der Waals surface area contributed by atoms with Gasteiger partial charge in [-0.3, -0.25) is 0 Å². The third-order valence-electron chi connectivity index (χ3n) is 1.59. The summed E-state index contributed by atoms with van der Waals surface area (Å²) in [5.41, 5.74) is -0.409. The molecule has 1 aliphatic rings. The van der Waals surface area contributed by atoms with E-state index in [1.165, 1.54) is 13.0 Å². The summed E-state index contributed by atoms with van der Waals surface area (Å²) in [5, 5.41) is 8.62. The molecule has 10 heavy (non-hydrogen) atoms. The molecule has 0 aromatic carbocycles. The largest absolute Gasteiger partial charge is 0.392 e. The molecule has 1 aliphatic carbocycles. The Bertz CT molecular complexity index is 180. The second-order valence-electron chi connectivity index (χ2n) is 2.75. The van der Waals surface area contributed by atoms with Crippen molar-refractivity contribution in [3.8, 4) is 0 Å². The van der Waals surface area contributed by atoms with Gasteiger partial charge in [0, 0.05) is 6.42 Å². The van der Waals surface area contributed by atoms with Crippen LogP contribution in [-0.4, -0.2) is 17.4 Å². The van der Waals surface area contributed by atoms with Gasteiger partial charge in [-0.1, -0.05) is 12.2 Å². The van der Waals surface area contributed by atoms with Crippen LogP contribution < -0.4 is 0 Å². The number of rotatable bonds is 1. The van der Waals surface area contributed by atoms with Crippen LogP contribution in [0, 0.1) is 0 Å². The van der Waals surface area contributed by atoms with Crippen LogP contribution in [-0.2, 0) is 0 Å². The molecule has 0 aromatic rings. The Labute approximate surface area is 59.9 Å². The first kappa shape index (κ1) is 7.48. The molecule has 1 rings (SSSR count). The van der Waals surface area contributed by atoms with Crippen LogP contribution in [0.25, 0.3) is 0 Å². The van der Waals surface area contributed by atoms with Crippen molar-refractivity contribution < 1.29 is 9.50 Å². The van der Waals surface area contributed by atoms with E-state index < -0.39 is 5.67 Å². The first-order valence-corrected chi connectivity index (χ1v) is 3.32. The summed E-state index contributed by atoms with van der Waals surface area (Å²) in [6.45, 7) is 1.53. The van der Waals surface area contributed by atoms with Crippen LogP contribution in [0.1, 0.15) is 13.3 Å². The molecular weight excluding hydrogens is 131 g/mol. The van der Waals surface area contributed by atoms with Crippen molar-refractivity contribution in [1.29, 1.82) is 0 Å². The maximum atomic E-state index is 13.0. The summed E-state index contributed by atoms with van der Waals surface area (Å²) in [6, 6.07) is 0. The normalized spacial score (nSPS) is 32.1. The zero-order valence-corrected chi connectivity index (χ0v) is 5.97. The van der Waals surface area contributed by atoms with E-state index in [4.69, 9.17) is 5.11 Å². The van der Waals surface area contributed by atoms with E-state index in [-0.39, 0.29) is 6.61 Å². The Morgan fingerprint density at radius 3 is 2.90 bits per heavy atom. The number of halogens is 1. The quantitative estimate of drug-likeness (QED) is 0.589. The third-order valence-corrected chi connectivity index (χ3v) is 1.59. The molecule has 0 aliphatic heterocycles. The molecule has 1 nitrogen and oxygen atoms in total. The Balaban J connectivity index is 2.63. The molecule has 0 heterocycles. The van der Waals surface area contributed by atoms with Gasteiger partial charge in [0.25, 0.3) is 0 Å². The van der Waals surface area contributed by atoms with Gasteiger partial charge >= 0.3 is 0 Å². The van der Waals surface area contributed by atoms with Gasteiger partial charge in [0.05, 0.1) is 6.61 Å². The molecule has 0 saturated heterocycles. The molecule has 0 amide bonds. The van der Waals surface area contributed by atoms with E-state index in [0.717, 1.165) is 5.57 Å². The first-order chi connectivity index (χ1) is 4.64. The van der Waals surface area contributed by atoms with Gasteiger partial charge < -0.3 is 5.11 Å². The molecule has 1 N–H and O–H groups in total. The van der Waals surface area contributed by atoms with Crippen LogP contribution >= 0.6 is 0 Å². The lowest BCUT2D eigenvalue weighted by Gasteiger charge is -2.17. The van der Waals surface area contributed by atoms with Crippen molar-refractivity contribution in [1.82, 2.24) is 0 Å². The fourth-order valence-electron chi connectivity index (χ4n) is 0.865. The molecule has 0 aromatic heterocycles. The number of aliphatic hydroxyl groups is 1. The standard InChI is InChI=1S/C8H11FO/c1-8(9)4-2-7(6-10)3-5-8/h2-4,10H,5-6H2,1H3. The number of hydrogen-bond donors (Lipinski definition) is 1. The van der Waals surface area contributed by atoms with Gasteiger partial charge in [-0.15, -0.1) is 0 Å². The average Bonchev–Trinajstić information content (AvgIpc) is 1.88. The molecule has 0 fully saturated rings. The first-order valence-electron chi connectivity index (χ1n) is 3.32. The molecule has 0 bridgehead atoms. The summed E-state index contributed by atoms with van der Waals surface area (Å²) in [7, 11) is 0. The third kappa shape index (κ3) is 1.67. The molecule has 1 atom stereocenters. The van der Waals surface area contributed by atoms with Crippen molar-refractivity contribution in [2.45, 2.75) is 19.0 Å². The second-order valence-corrected chi connectivity index (χ2v) is 2.75. The van der Waals surface area contributed by atoms with Crippen LogP contribution in [0.3, 0.4) is 0 Å². The molecule has 2 heteroatoms. The molecule has 0 spiro atoms. The van der Waals surface area contributed by atoms with Crippen molar-refractivity contribution >= 4 is 0 Å². The van der Waals surface area contributed by atoms with Gasteiger partial charge in [-0.05, 0) is 18.6 Å². The highest BCUT2D eigenvalue weighted by Crippen LogP contribution is 2.23. The van der Waals surface area contributed by atoms with Crippen molar-refractivity contribution in [3.63, 3.8) is 0 Å². The lowest BCUT2D eigenvalue weighted by Crippen LogP contribution is -2.15. The lowest BCUT2D eigenvalue weighted by molar-refractivity contribution is 0.256. The van der Waals surface area contributed by atoms with Crippen molar-refractivity contribution in [3.05, 3.63) is 23.8 Å². The van der Waals surface area contributed by atoms with Gasteiger partial charge in [0.15, 0.2) is 0 Å². The molecule has 0 saturated carbocycles. The van der Waals surface area contributed by atoms with Crippen LogP contribution in [0.2, 0.25) is 0 Å². The fraction of sp³-hybridized carbons (Fsp3) is 0.500. The maximum Gasteiger partial charge on any atom is 0.130 e. The summed E-state index contributed by atoms with van der Waals surface area (Å²) >= 11 is 0. The number of aliphatic hydroxyl groups excluding tert-OH is 1. The van der Waals surface area contributed by atoms with Crippen LogP contribution in [0.15, 0.2) is 23.8 Å². The van der Waals surface area contributed by atoms with E-state index in [1.54, 1.807) is 12.2 Å². The predicted octanol–water partition coefficient (Wildman–Crippen LogP) is 1.59. The van der Waals surface area contributed by atoms with Gasteiger partial charge in [-0.25, -0.2) is 4.39 Å². The second kappa shape index (κ2) is 2.54. The minimum atomic E-state index is -1.21. The summed E-state index contributed by atoms with van der Waals surface area (Å²) in [4.78, 5) is 0. The Kier molecular flexibility index (Phi) is 1.90.